The van der Waals surface area contributed by atoms with Crippen molar-refractivity contribution in [3.63, 3.8) is 0 Å². The zero-order chi connectivity index (χ0) is 14.4. The average Bonchev–Trinajstić information content (AvgIpc) is 2.82. The van der Waals surface area contributed by atoms with Gasteiger partial charge >= 0.3 is 0 Å². The van der Waals surface area contributed by atoms with Gasteiger partial charge in [0.25, 0.3) is 0 Å². The summed E-state index contributed by atoms with van der Waals surface area (Å²) in [6.07, 6.45) is 5.83. The first-order valence-electron chi connectivity index (χ1n) is 7.76. The summed E-state index contributed by atoms with van der Waals surface area (Å²) in [6.45, 7) is 6.28. The summed E-state index contributed by atoms with van der Waals surface area (Å²) in [5.74, 6) is -0.142. The van der Waals surface area contributed by atoms with Crippen LogP contribution in [-0.2, 0) is 6.42 Å². The van der Waals surface area contributed by atoms with Gasteiger partial charge in [0, 0.05) is 18.8 Å². The predicted octanol–water partition coefficient (Wildman–Crippen LogP) is 3.49. The minimum absolute atomic E-state index is 0.0235. The molecule has 1 aliphatic heterocycles. The molecule has 110 valence electrons. The molecule has 1 atom stereocenters. The molecule has 2 N–H and O–H groups in total. The lowest BCUT2D eigenvalue weighted by Gasteiger charge is -2.56. The molecule has 0 radical (unpaired) electrons. The minimum Gasteiger partial charge on any atom is -0.363 e. The molecular formula is C17H25FN2. The van der Waals surface area contributed by atoms with E-state index in [1.807, 2.05) is 6.07 Å². The number of hydrogen-bond acceptors (Lipinski definition) is 2. The van der Waals surface area contributed by atoms with Gasteiger partial charge in [-0.15, -0.1) is 0 Å². The van der Waals surface area contributed by atoms with Crippen LogP contribution < -0.4 is 10.6 Å². The van der Waals surface area contributed by atoms with Crippen LogP contribution in [0.25, 0.3) is 0 Å². The van der Waals surface area contributed by atoms with E-state index in [0.29, 0.717) is 6.54 Å². The summed E-state index contributed by atoms with van der Waals surface area (Å²) in [6, 6.07) is 5.21. The zero-order valence-corrected chi connectivity index (χ0v) is 12.6. The summed E-state index contributed by atoms with van der Waals surface area (Å²) >= 11 is 0. The van der Waals surface area contributed by atoms with E-state index < -0.39 is 0 Å². The molecule has 20 heavy (non-hydrogen) atoms. The molecule has 0 spiro atoms. The molecule has 1 unspecified atom stereocenters. The van der Waals surface area contributed by atoms with E-state index in [9.17, 15) is 4.39 Å². The van der Waals surface area contributed by atoms with Crippen molar-refractivity contribution in [3.8, 4) is 0 Å². The van der Waals surface area contributed by atoms with Crippen molar-refractivity contribution in [2.24, 2.45) is 11.1 Å². The predicted molar refractivity (Wildman–Crippen MR) is 81.5 cm³/mol. The highest BCUT2D eigenvalue weighted by atomic mass is 19.1. The molecule has 0 saturated heterocycles. The van der Waals surface area contributed by atoms with Crippen molar-refractivity contribution in [3.05, 3.63) is 29.6 Å². The second kappa shape index (κ2) is 4.73. The van der Waals surface area contributed by atoms with Crippen LogP contribution in [0.2, 0.25) is 0 Å². The third-order valence-electron chi connectivity index (χ3n) is 5.70. The van der Waals surface area contributed by atoms with Gasteiger partial charge in [0.2, 0.25) is 0 Å². The van der Waals surface area contributed by atoms with Crippen LogP contribution in [-0.4, -0.2) is 18.6 Å². The number of rotatable bonds is 2. The molecule has 1 aliphatic carbocycles. The zero-order valence-electron chi connectivity index (χ0n) is 12.6. The molecule has 1 saturated carbocycles. The van der Waals surface area contributed by atoms with Gasteiger partial charge in [0.15, 0.2) is 0 Å². The molecular weight excluding hydrogens is 251 g/mol. The van der Waals surface area contributed by atoms with Gasteiger partial charge in [0.05, 0.1) is 5.54 Å². The SMILES string of the molecule is CC1(C)CCCCC1(CN)N1CCc2ccc(F)cc21. The van der Waals surface area contributed by atoms with Crippen molar-refractivity contribution in [1.82, 2.24) is 0 Å². The Labute approximate surface area is 121 Å². The Morgan fingerprint density at radius 2 is 2.00 bits per heavy atom. The number of fused-ring (bicyclic) bond motifs is 1. The lowest BCUT2D eigenvalue weighted by atomic mass is 9.62. The first-order valence-corrected chi connectivity index (χ1v) is 7.76. The fraction of sp³-hybridized carbons (Fsp3) is 0.647. The lowest BCUT2D eigenvalue weighted by Crippen LogP contribution is -2.63. The van der Waals surface area contributed by atoms with Crippen molar-refractivity contribution in [1.29, 1.82) is 0 Å². The van der Waals surface area contributed by atoms with Gasteiger partial charge in [-0.3, -0.25) is 0 Å². The molecule has 1 aromatic rings. The number of nitrogens with two attached hydrogens (primary N) is 1. The van der Waals surface area contributed by atoms with Crippen LogP contribution in [0, 0.1) is 11.2 Å². The molecule has 0 bridgehead atoms. The van der Waals surface area contributed by atoms with Crippen molar-refractivity contribution in [2.45, 2.75) is 51.5 Å². The molecule has 1 fully saturated rings. The van der Waals surface area contributed by atoms with Crippen LogP contribution in [0.4, 0.5) is 10.1 Å². The first-order chi connectivity index (χ1) is 9.50. The second-order valence-electron chi connectivity index (χ2n) is 7.00. The Balaban J connectivity index is 2.06. The summed E-state index contributed by atoms with van der Waals surface area (Å²) in [7, 11) is 0. The topological polar surface area (TPSA) is 29.3 Å². The van der Waals surface area contributed by atoms with Crippen molar-refractivity contribution >= 4 is 5.69 Å². The average molecular weight is 276 g/mol. The molecule has 1 aromatic carbocycles. The van der Waals surface area contributed by atoms with Crippen LogP contribution in [0.1, 0.15) is 45.1 Å². The third-order valence-corrected chi connectivity index (χ3v) is 5.70. The Morgan fingerprint density at radius 3 is 2.70 bits per heavy atom. The van der Waals surface area contributed by atoms with Crippen LogP contribution in [0.15, 0.2) is 18.2 Å². The summed E-state index contributed by atoms with van der Waals surface area (Å²) in [5, 5.41) is 0. The molecule has 3 heteroatoms. The number of benzene rings is 1. The summed E-state index contributed by atoms with van der Waals surface area (Å²) < 4.78 is 13.7. The van der Waals surface area contributed by atoms with Gasteiger partial charge in [-0.05, 0) is 42.4 Å². The molecule has 2 nitrogen and oxygen atoms in total. The van der Waals surface area contributed by atoms with E-state index in [1.165, 1.54) is 24.8 Å². The highest BCUT2D eigenvalue weighted by Gasteiger charge is 2.51. The van der Waals surface area contributed by atoms with Gasteiger partial charge in [-0.1, -0.05) is 32.8 Å². The first kappa shape index (κ1) is 13.9. The van der Waals surface area contributed by atoms with Crippen LogP contribution in [0.3, 0.4) is 0 Å². The number of hydrogen-bond donors (Lipinski definition) is 1. The second-order valence-corrected chi connectivity index (χ2v) is 7.00. The maximum absolute atomic E-state index is 13.7. The quantitative estimate of drug-likeness (QED) is 0.896. The van der Waals surface area contributed by atoms with Crippen LogP contribution >= 0.6 is 0 Å². The standard InChI is InChI=1S/C17H25FN2/c1-16(2)8-3-4-9-17(16,12-19)20-10-7-13-5-6-14(18)11-15(13)20/h5-6,11H,3-4,7-10,12,19H2,1-2H3. The fourth-order valence-corrected chi connectivity index (χ4v) is 4.34. The number of nitrogens with zero attached hydrogens (tertiary/aromatic N) is 1. The highest BCUT2D eigenvalue weighted by molar-refractivity contribution is 5.61. The van der Waals surface area contributed by atoms with E-state index >= 15 is 0 Å². The van der Waals surface area contributed by atoms with E-state index in [1.54, 1.807) is 12.1 Å². The van der Waals surface area contributed by atoms with Gasteiger partial charge in [0.1, 0.15) is 5.82 Å². The lowest BCUT2D eigenvalue weighted by molar-refractivity contribution is 0.0979. The minimum atomic E-state index is -0.142. The van der Waals surface area contributed by atoms with E-state index in [0.717, 1.165) is 25.1 Å². The number of halogens is 1. The molecule has 3 rings (SSSR count). The maximum Gasteiger partial charge on any atom is 0.125 e. The fourth-order valence-electron chi connectivity index (χ4n) is 4.34. The Kier molecular flexibility index (Phi) is 3.28. The van der Waals surface area contributed by atoms with Gasteiger partial charge < -0.3 is 10.6 Å². The Morgan fingerprint density at radius 1 is 1.25 bits per heavy atom. The summed E-state index contributed by atoms with van der Waals surface area (Å²) in [4.78, 5) is 2.42. The molecule has 0 amide bonds. The smallest absolute Gasteiger partial charge is 0.125 e. The Bertz CT molecular complexity index is 512. The Hall–Kier alpha value is -1.09. The normalized spacial score (nSPS) is 28.5. The molecule has 0 aromatic heterocycles. The largest absolute Gasteiger partial charge is 0.363 e. The molecule has 2 aliphatic rings. The van der Waals surface area contributed by atoms with Gasteiger partial charge in [-0.25, -0.2) is 4.39 Å². The molecule has 1 heterocycles. The van der Waals surface area contributed by atoms with Crippen molar-refractivity contribution in [2.75, 3.05) is 18.0 Å². The number of anilines is 1. The maximum atomic E-state index is 13.7. The van der Waals surface area contributed by atoms with E-state index in [-0.39, 0.29) is 16.8 Å². The van der Waals surface area contributed by atoms with E-state index in [4.69, 9.17) is 5.73 Å². The van der Waals surface area contributed by atoms with Gasteiger partial charge in [-0.2, -0.15) is 0 Å². The van der Waals surface area contributed by atoms with E-state index in [2.05, 4.69) is 18.7 Å². The van der Waals surface area contributed by atoms with Crippen LogP contribution in [0.5, 0.6) is 0 Å². The van der Waals surface area contributed by atoms with Crippen molar-refractivity contribution < 1.29 is 4.39 Å². The third kappa shape index (κ3) is 1.86. The highest BCUT2D eigenvalue weighted by Crippen LogP contribution is 2.50. The summed E-state index contributed by atoms with van der Waals surface area (Å²) in [5.41, 5.74) is 8.74. The monoisotopic (exact) mass is 276 g/mol.